The van der Waals surface area contributed by atoms with Gasteiger partial charge in [-0.25, -0.2) is 4.79 Å². The first-order valence-electron chi connectivity index (χ1n) is 5.98. The molecule has 98 valence electrons. The summed E-state index contributed by atoms with van der Waals surface area (Å²) in [5, 5.41) is 0. The van der Waals surface area contributed by atoms with Crippen LogP contribution in [-0.2, 0) is 20.7 Å². The van der Waals surface area contributed by atoms with Crippen molar-refractivity contribution in [3.8, 4) is 5.75 Å². The third-order valence-electron chi connectivity index (χ3n) is 2.35. The highest BCUT2D eigenvalue weighted by Gasteiger charge is 2.03. The molecule has 0 unspecified atom stereocenters. The van der Waals surface area contributed by atoms with Crippen LogP contribution in [0.5, 0.6) is 5.75 Å². The van der Waals surface area contributed by atoms with Crippen LogP contribution in [0.3, 0.4) is 0 Å². The average Bonchev–Trinajstić information content (AvgIpc) is 2.35. The molecule has 0 heterocycles. The molecular weight excluding hydrogens is 232 g/mol. The van der Waals surface area contributed by atoms with Crippen molar-refractivity contribution in [2.45, 2.75) is 26.7 Å². The van der Waals surface area contributed by atoms with Crippen molar-refractivity contribution in [3.63, 3.8) is 0 Å². The number of hydrogen-bond donors (Lipinski definition) is 0. The number of ether oxygens (including phenoxy) is 2. The van der Waals surface area contributed by atoms with Crippen molar-refractivity contribution in [3.05, 3.63) is 29.8 Å². The van der Waals surface area contributed by atoms with Crippen molar-refractivity contribution >= 4 is 11.8 Å². The van der Waals surface area contributed by atoms with Crippen LogP contribution in [0, 0.1) is 0 Å². The number of rotatable bonds is 7. The molecule has 0 amide bonds. The first-order valence-corrected chi connectivity index (χ1v) is 5.98. The SMILES string of the molecule is CCOC(=O)COc1ccc(CCC(C)=O)cc1. The summed E-state index contributed by atoms with van der Waals surface area (Å²) >= 11 is 0. The van der Waals surface area contributed by atoms with Crippen LogP contribution in [0.25, 0.3) is 0 Å². The molecule has 0 aliphatic rings. The molecule has 4 nitrogen and oxygen atoms in total. The Kier molecular flexibility index (Phi) is 5.91. The summed E-state index contributed by atoms with van der Waals surface area (Å²) < 4.78 is 10.0. The van der Waals surface area contributed by atoms with Gasteiger partial charge >= 0.3 is 5.97 Å². The van der Waals surface area contributed by atoms with Gasteiger partial charge in [-0.05, 0) is 38.0 Å². The van der Waals surface area contributed by atoms with E-state index in [4.69, 9.17) is 9.47 Å². The second kappa shape index (κ2) is 7.48. The molecule has 0 aliphatic heterocycles. The molecule has 1 aromatic carbocycles. The lowest BCUT2D eigenvalue weighted by molar-refractivity contribution is -0.145. The summed E-state index contributed by atoms with van der Waals surface area (Å²) in [5.41, 5.74) is 1.08. The average molecular weight is 250 g/mol. The Morgan fingerprint density at radius 3 is 2.39 bits per heavy atom. The van der Waals surface area contributed by atoms with Crippen molar-refractivity contribution < 1.29 is 19.1 Å². The normalized spacial score (nSPS) is 9.89. The molecule has 0 aromatic heterocycles. The summed E-state index contributed by atoms with van der Waals surface area (Å²) in [6, 6.07) is 7.36. The number of carbonyl (C=O) groups excluding carboxylic acids is 2. The number of aryl methyl sites for hydroxylation is 1. The van der Waals surface area contributed by atoms with Gasteiger partial charge in [0.2, 0.25) is 0 Å². The summed E-state index contributed by atoms with van der Waals surface area (Å²) in [7, 11) is 0. The summed E-state index contributed by atoms with van der Waals surface area (Å²) in [6.07, 6.45) is 1.27. The molecule has 1 aromatic rings. The molecule has 0 spiro atoms. The molecule has 1 rings (SSSR count). The van der Waals surface area contributed by atoms with Crippen molar-refractivity contribution in [1.29, 1.82) is 0 Å². The first-order chi connectivity index (χ1) is 8.61. The number of Topliss-reactive ketones (excluding diaryl/α,β-unsaturated/α-hetero) is 1. The van der Waals surface area contributed by atoms with Crippen LogP contribution in [0.1, 0.15) is 25.8 Å². The van der Waals surface area contributed by atoms with E-state index in [-0.39, 0.29) is 18.4 Å². The fourth-order valence-electron chi connectivity index (χ4n) is 1.42. The lowest BCUT2D eigenvalue weighted by atomic mass is 10.1. The molecule has 0 atom stereocenters. The Morgan fingerprint density at radius 2 is 1.83 bits per heavy atom. The maximum Gasteiger partial charge on any atom is 0.344 e. The summed E-state index contributed by atoms with van der Waals surface area (Å²) in [5.74, 6) is 0.422. The number of benzene rings is 1. The highest BCUT2D eigenvalue weighted by atomic mass is 16.6. The van der Waals surface area contributed by atoms with Gasteiger partial charge in [-0.3, -0.25) is 0 Å². The van der Waals surface area contributed by atoms with Crippen molar-refractivity contribution in [2.75, 3.05) is 13.2 Å². The zero-order valence-corrected chi connectivity index (χ0v) is 10.8. The van der Waals surface area contributed by atoms with Gasteiger partial charge in [0.15, 0.2) is 6.61 Å². The summed E-state index contributed by atoms with van der Waals surface area (Å²) in [4.78, 5) is 21.9. The van der Waals surface area contributed by atoms with Gasteiger partial charge in [-0.2, -0.15) is 0 Å². The lowest BCUT2D eigenvalue weighted by Gasteiger charge is -2.06. The molecule has 0 saturated carbocycles. The quantitative estimate of drug-likeness (QED) is 0.696. The lowest BCUT2D eigenvalue weighted by Crippen LogP contribution is -2.14. The van der Waals surface area contributed by atoms with Crippen LogP contribution < -0.4 is 4.74 Å². The van der Waals surface area contributed by atoms with Crippen LogP contribution in [0.2, 0.25) is 0 Å². The number of ketones is 1. The molecular formula is C14H18O4. The predicted molar refractivity (Wildman–Crippen MR) is 67.6 cm³/mol. The van der Waals surface area contributed by atoms with E-state index in [1.54, 1.807) is 26.0 Å². The number of esters is 1. The Hall–Kier alpha value is -1.84. The highest BCUT2D eigenvalue weighted by Crippen LogP contribution is 2.13. The van der Waals surface area contributed by atoms with Gasteiger partial charge < -0.3 is 14.3 Å². The van der Waals surface area contributed by atoms with E-state index in [9.17, 15) is 9.59 Å². The molecule has 4 heteroatoms. The zero-order valence-electron chi connectivity index (χ0n) is 10.8. The van der Waals surface area contributed by atoms with Crippen LogP contribution in [0.4, 0.5) is 0 Å². The van der Waals surface area contributed by atoms with Crippen LogP contribution >= 0.6 is 0 Å². The van der Waals surface area contributed by atoms with Gasteiger partial charge in [0, 0.05) is 6.42 Å². The van der Waals surface area contributed by atoms with E-state index in [1.807, 2.05) is 12.1 Å². The van der Waals surface area contributed by atoms with E-state index in [2.05, 4.69) is 0 Å². The van der Waals surface area contributed by atoms with Gasteiger partial charge in [-0.15, -0.1) is 0 Å². The molecule has 0 N–H and O–H groups in total. The van der Waals surface area contributed by atoms with Gasteiger partial charge in [0.25, 0.3) is 0 Å². The molecule has 0 bridgehead atoms. The van der Waals surface area contributed by atoms with Gasteiger partial charge in [0.1, 0.15) is 11.5 Å². The minimum atomic E-state index is -0.377. The fourth-order valence-corrected chi connectivity index (χ4v) is 1.42. The van der Waals surface area contributed by atoms with Crippen LogP contribution in [0.15, 0.2) is 24.3 Å². The standard InChI is InChI=1S/C14H18O4/c1-3-17-14(16)10-18-13-8-6-12(7-9-13)5-4-11(2)15/h6-9H,3-5,10H2,1-2H3. The third-order valence-corrected chi connectivity index (χ3v) is 2.35. The Labute approximate surface area is 107 Å². The topological polar surface area (TPSA) is 52.6 Å². The molecule has 0 saturated heterocycles. The predicted octanol–water partition coefficient (Wildman–Crippen LogP) is 2.15. The van der Waals surface area contributed by atoms with E-state index < -0.39 is 0 Å². The molecule has 18 heavy (non-hydrogen) atoms. The Bertz CT molecular complexity index is 395. The Balaban J connectivity index is 2.40. The Morgan fingerprint density at radius 1 is 1.17 bits per heavy atom. The van der Waals surface area contributed by atoms with Gasteiger partial charge in [-0.1, -0.05) is 12.1 Å². The van der Waals surface area contributed by atoms with E-state index in [1.165, 1.54) is 0 Å². The van der Waals surface area contributed by atoms with Crippen LogP contribution in [-0.4, -0.2) is 25.0 Å². The minimum Gasteiger partial charge on any atom is -0.482 e. The second-order valence-corrected chi connectivity index (χ2v) is 3.94. The highest BCUT2D eigenvalue weighted by molar-refractivity contribution is 5.75. The molecule has 0 fully saturated rings. The first kappa shape index (κ1) is 14.2. The van der Waals surface area contributed by atoms with E-state index >= 15 is 0 Å². The largest absolute Gasteiger partial charge is 0.482 e. The summed E-state index contributed by atoms with van der Waals surface area (Å²) in [6.45, 7) is 3.60. The molecule has 0 aliphatic carbocycles. The second-order valence-electron chi connectivity index (χ2n) is 3.94. The van der Waals surface area contributed by atoms with Crippen molar-refractivity contribution in [1.82, 2.24) is 0 Å². The van der Waals surface area contributed by atoms with E-state index in [0.29, 0.717) is 18.8 Å². The van der Waals surface area contributed by atoms with Gasteiger partial charge in [0.05, 0.1) is 6.61 Å². The number of carbonyl (C=O) groups is 2. The molecule has 0 radical (unpaired) electrons. The zero-order chi connectivity index (χ0) is 13.4. The number of hydrogen-bond acceptors (Lipinski definition) is 4. The fraction of sp³-hybridized carbons (Fsp3) is 0.429. The maximum absolute atomic E-state index is 11.1. The van der Waals surface area contributed by atoms with Crippen molar-refractivity contribution in [2.24, 2.45) is 0 Å². The maximum atomic E-state index is 11.1. The third kappa shape index (κ3) is 5.48. The smallest absolute Gasteiger partial charge is 0.344 e. The minimum absolute atomic E-state index is 0.0827. The van der Waals surface area contributed by atoms with E-state index in [0.717, 1.165) is 12.0 Å². The monoisotopic (exact) mass is 250 g/mol.